The van der Waals surface area contributed by atoms with E-state index in [1.807, 2.05) is 0 Å². The van der Waals surface area contributed by atoms with Crippen LogP contribution in [0.25, 0.3) is 0 Å². The molecule has 1 rings (SSSR count). The molecular weight excluding hydrogens is 196 g/mol. The first kappa shape index (κ1) is 11.2. The van der Waals surface area contributed by atoms with Crippen molar-refractivity contribution in [3.05, 3.63) is 18.7 Å². The van der Waals surface area contributed by atoms with E-state index in [9.17, 15) is 9.59 Å². The van der Waals surface area contributed by atoms with Crippen molar-refractivity contribution in [3.8, 4) is 0 Å². The van der Waals surface area contributed by atoms with Crippen LogP contribution in [-0.4, -0.2) is 35.0 Å². The van der Waals surface area contributed by atoms with Gasteiger partial charge in [-0.25, -0.2) is 4.98 Å². The highest BCUT2D eigenvalue weighted by Crippen LogP contribution is 2.03. The van der Waals surface area contributed by atoms with E-state index in [4.69, 9.17) is 0 Å². The van der Waals surface area contributed by atoms with Gasteiger partial charge in [0.2, 0.25) is 11.8 Å². The highest BCUT2D eigenvalue weighted by molar-refractivity contribution is 5.86. The van der Waals surface area contributed by atoms with Gasteiger partial charge in [0.25, 0.3) is 0 Å². The Morgan fingerprint density at radius 3 is 2.80 bits per heavy atom. The second-order valence-electron chi connectivity index (χ2n) is 3.08. The van der Waals surface area contributed by atoms with Gasteiger partial charge in [0.1, 0.15) is 6.04 Å². The molecule has 0 saturated heterocycles. The molecule has 15 heavy (non-hydrogen) atoms. The minimum Gasteiger partial charge on any atom is -0.358 e. The first-order chi connectivity index (χ1) is 7.15. The molecule has 1 aromatic heterocycles. The Kier molecular flexibility index (Phi) is 3.84. The summed E-state index contributed by atoms with van der Waals surface area (Å²) in [6, 6.07) is -0.364. The van der Waals surface area contributed by atoms with Crippen LogP contribution in [-0.2, 0) is 9.59 Å². The van der Waals surface area contributed by atoms with Gasteiger partial charge in [-0.05, 0) is 6.92 Å². The number of hydrogen-bond donors (Lipinski definition) is 2. The van der Waals surface area contributed by atoms with Crippen LogP contribution in [0, 0.1) is 0 Å². The molecule has 0 spiro atoms. The predicted molar refractivity (Wildman–Crippen MR) is 54.0 cm³/mol. The molecule has 2 amide bonds. The summed E-state index contributed by atoms with van der Waals surface area (Å²) in [5.74, 6) is -0.433. The summed E-state index contributed by atoms with van der Waals surface area (Å²) >= 11 is 0. The predicted octanol–water partition coefficient (Wildman–Crippen LogP) is -0.694. The number of nitrogens with one attached hydrogen (secondary N) is 2. The van der Waals surface area contributed by atoms with Gasteiger partial charge in [-0.3, -0.25) is 9.59 Å². The Hall–Kier alpha value is -1.85. The largest absolute Gasteiger partial charge is 0.358 e. The number of amides is 2. The summed E-state index contributed by atoms with van der Waals surface area (Å²) in [4.78, 5) is 26.2. The first-order valence-electron chi connectivity index (χ1n) is 4.61. The summed E-state index contributed by atoms with van der Waals surface area (Å²) in [6.07, 6.45) is 4.86. The van der Waals surface area contributed by atoms with Gasteiger partial charge in [0.15, 0.2) is 0 Å². The number of rotatable bonds is 4. The molecule has 2 N–H and O–H groups in total. The summed E-state index contributed by atoms with van der Waals surface area (Å²) in [5.41, 5.74) is 0. The molecule has 0 unspecified atom stereocenters. The highest BCUT2D eigenvalue weighted by Gasteiger charge is 2.14. The van der Waals surface area contributed by atoms with Gasteiger partial charge < -0.3 is 15.2 Å². The molecular formula is C9H14N4O2. The molecule has 0 aliphatic rings. The zero-order chi connectivity index (χ0) is 11.3. The van der Waals surface area contributed by atoms with E-state index in [0.717, 1.165) is 0 Å². The van der Waals surface area contributed by atoms with Crippen LogP contribution in [0.1, 0.15) is 13.0 Å². The monoisotopic (exact) mass is 210 g/mol. The van der Waals surface area contributed by atoms with Gasteiger partial charge in [0.05, 0.1) is 12.9 Å². The number of carbonyl (C=O) groups excluding carboxylic acids is 2. The topological polar surface area (TPSA) is 76.0 Å². The van der Waals surface area contributed by atoms with E-state index in [0.29, 0.717) is 0 Å². The summed E-state index contributed by atoms with van der Waals surface area (Å²) in [6.45, 7) is 1.73. The molecule has 0 aromatic carbocycles. The van der Waals surface area contributed by atoms with E-state index in [2.05, 4.69) is 15.6 Å². The first-order valence-corrected chi connectivity index (χ1v) is 4.61. The lowest BCUT2D eigenvalue weighted by atomic mass is 10.3. The summed E-state index contributed by atoms with van der Waals surface area (Å²) < 4.78 is 1.67. The van der Waals surface area contributed by atoms with E-state index >= 15 is 0 Å². The molecule has 1 aromatic rings. The fourth-order valence-electron chi connectivity index (χ4n) is 1.04. The number of imidazole rings is 1. The number of aromatic nitrogens is 2. The highest BCUT2D eigenvalue weighted by atomic mass is 16.2. The van der Waals surface area contributed by atoms with Crippen LogP contribution in [0.15, 0.2) is 18.7 Å². The number of carbonyl (C=O) groups is 2. The van der Waals surface area contributed by atoms with Crippen molar-refractivity contribution in [1.29, 1.82) is 0 Å². The third kappa shape index (κ3) is 3.08. The van der Waals surface area contributed by atoms with Crippen LogP contribution < -0.4 is 10.6 Å². The van der Waals surface area contributed by atoms with E-state index in [-0.39, 0.29) is 24.4 Å². The number of hydrogen-bond acceptors (Lipinski definition) is 3. The molecule has 82 valence electrons. The molecule has 6 heteroatoms. The summed E-state index contributed by atoms with van der Waals surface area (Å²) in [7, 11) is 1.52. The van der Waals surface area contributed by atoms with Gasteiger partial charge in [0, 0.05) is 19.4 Å². The molecule has 0 bridgehead atoms. The zero-order valence-corrected chi connectivity index (χ0v) is 8.73. The second-order valence-corrected chi connectivity index (χ2v) is 3.08. The van der Waals surface area contributed by atoms with Gasteiger partial charge >= 0.3 is 0 Å². The van der Waals surface area contributed by atoms with Gasteiger partial charge in [-0.2, -0.15) is 0 Å². The zero-order valence-electron chi connectivity index (χ0n) is 8.73. The molecule has 1 atom stereocenters. The number of likely N-dealkylation sites (N-methyl/N-ethyl adjacent to an activating group) is 1. The minimum atomic E-state index is -0.364. The van der Waals surface area contributed by atoms with Crippen molar-refractivity contribution in [3.63, 3.8) is 0 Å². The fourth-order valence-corrected chi connectivity index (χ4v) is 1.04. The van der Waals surface area contributed by atoms with Gasteiger partial charge in [-0.15, -0.1) is 0 Å². The maximum Gasteiger partial charge on any atom is 0.243 e. The lowest BCUT2D eigenvalue weighted by molar-refractivity contribution is -0.127. The van der Waals surface area contributed by atoms with Crippen LogP contribution in [0.3, 0.4) is 0 Å². The van der Waals surface area contributed by atoms with Crippen molar-refractivity contribution < 1.29 is 9.59 Å². The minimum absolute atomic E-state index is 0.00558. The van der Waals surface area contributed by atoms with E-state index in [1.54, 1.807) is 30.2 Å². The molecule has 0 saturated carbocycles. The molecule has 6 nitrogen and oxygen atoms in total. The smallest absolute Gasteiger partial charge is 0.243 e. The van der Waals surface area contributed by atoms with Crippen molar-refractivity contribution >= 4 is 11.8 Å². The Labute approximate surface area is 87.7 Å². The summed E-state index contributed by atoms with van der Waals surface area (Å²) in [5, 5.41) is 4.94. The fraction of sp³-hybridized carbons (Fsp3) is 0.444. The Bertz CT molecular complexity index is 334. The number of nitrogens with zero attached hydrogens (tertiary/aromatic N) is 2. The second kappa shape index (κ2) is 5.14. The molecule has 0 radical (unpaired) electrons. The Balaban J connectivity index is 2.44. The maximum absolute atomic E-state index is 11.5. The third-order valence-corrected chi connectivity index (χ3v) is 2.05. The Morgan fingerprint density at radius 2 is 2.27 bits per heavy atom. The van der Waals surface area contributed by atoms with Gasteiger partial charge in [-0.1, -0.05) is 0 Å². The normalized spacial score (nSPS) is 11.9. The van der Waals surface area contributed by atoms with Crippen LogP contribution in [0.4, 0.5) is 0 Å². The van der Waals surface area contributed by atoms with E-state index < -0.39 is 0 Å². The molecule has 0 aliphatic carbocycles. The maximum atomic E-state index is 11.5. The molecule has 0 fully saturated rings. The van der Waals surface area contributed by atoms with Crippen LogP contribution >= 0.6 is 0 Å². The molecule has 0 aliphatic heterocycles. The SMILES string of the molecule is CNC(=O)CNC(=O)[C@H](C)n1ccnc1. The Morgan fingerprint density at radius 1 is 1.53 bits per heavy atom. The molecule has 1 heterocycles. The third-order valence-electron chi connectivity index (χ3n) is 2.05. The van der Waals surface area contributed by atoms with Crippen molar-refractivity contribution in [2.45, 2.75) is 13.0 Å². The van der Waals surface area contributed by atoms with Crippen molar-refractivity contribution in [1.82, 2.24) is 20.2 Å². The van der Waals surface area contributed by atoms with Crippen LogP contribution in [0.5, 0.6) is 0 Å². The van der Waals surface area contributed by atoms with Crippen molar-refractivity contribution in [2.24, 2.45) is 0 Å². The standard InChI is InChI=1S/C9H14N4O2/c1-7(13-4-3-11-6-13)9(15)12-5-8(14)10-2/h3-4,6-7H,5H2,1-2H3,(H,10,14)(H,12,15)/t7-/m0/s1. The lowest BCUT2D eigenvalue weighted by Crippen LogP contribution is -2.38. The quantitative estimate of drug-likeness (QED) is 0.690. The average Bonchev–Trinajstić information content (AvgIpc) is 2.77. The lowest BCUT2D eigenvalue weighted by Gasteiger charge is -2.12. The average molecular weight is 210 g/mol. The van der Waals surface area contributed by atoms with Crippen LogP contribution in [0.2, 0.25) is 0 Å². The van der Waals surface area contributed by atoms with Crippen molar-refractivity contribution in [2.75, 3.05) is 13.6 Å². The van der Waals surface area contributed by atoms with E-state index in [1.165, 1.54) is 7.05 Å².